The summed E-state index contributed by atoms with van der Waals surface area (Å²) in [6, 6.07) is 0. The molecular formula is C18H27N3O2S. The first-order valence-electron chi connectivity index (χ1n) is 8.64. The summed E-state index contributed by atoms with van der Waals surface area (Å²) in [4.78, 5) is 30.0. The van der Waals surface area contributed by atoms with Crippen LogP contribution in [-0.2, 0) is 7.05 Å². The number of nitrogens with one attached hydrogen (secondary N) is 1. The molecule has 2 aromatic heterocycles. The standard InChI is InChI=1S/C18H27N3O2S/c1-12(2)9-7-5-6-8-10-19-16(22)15-13(3)14-17(24-15)20-11-21(4)18(14)23/h11-12H,5-10H2,1-4H3,(H,19,22). The predicted molar refractivity (Wildman–Crippen MR) is 99.9 cm³/mol. The van der Waals surface area contributed by atoms with Gasteiger partial charge in [0.15, 0.2) is 0 Å². The first kappa shape index (κ1) is 18.6. The summed E-state index contributed by atoms with van der Waals surface area (Å²) in [5, 5.41) is 3.53. The van der Waals surface area contributed by atoms with Crippen LogP contribution in [0.25, 0.3) is 10.2 Å². The van der Waals surface area contributed by atoms with Crippen molar-refractivity contribution in [3.05, 3.63) is 27.1 Å². The number of carbonyl (C=O) groups excluding carboxylic acids is 1. The number of amides is 1. The number of hydrogen-bond donors (Lipinski definition) is 1. The molecule has 0 spiro atoms. The average molecular weight is 350 g/mol. The molecule has 6 heteroatoms. The van der Waals surface area contributed by atoms with Gasteiger partial charge in [-0.1, -0.05) is 39.5 Å². The number of aromatic nitrogens is 2. The normalized spacial score (nSPS) is 11.4. The number of hydrogen-bond acceptors (Lipinski definition) is 4. The van der Waals surface area contributed by atoms with Crippen LogP contribution in [0.5, 0.6) is 0 Å². The minimum atomic E-state index is -0.0991. The third-order valence-electron chi connectivity index (χ3n) is 4.21. The Labute approximate surface area is 147 Å². The number of aryl methyl sites for hydroxylation is 2. The molecule has 2 heterocycles. The van der Waals surface area contributed by atoms with Gasteiger partial charge in [0.1, 0.15) is 4.83 Å². The van der Waals surface area contributed by atoms with Crippen LogP contribution in [0.1, 0.15) is 61.2 Å². The Balaban J connectivity index is 1.89. The highest BCUT2D eigenvalue weighted by Crippen LogP contribution is 2.26. The van der Waals surface area contributed by atoms with Crippen LogP contribution >= 0.6 is 11.3 Å². The van der Waals surface area contributed by atoms with E-state index in [-0.39, 0.29) is 11.5 Å². The molecule has 0 saturated carbocycles. The van der Waals surface area contributed by atoms with Crippen LogP contribution < -0.4 is 10.9 Å². The fraction of sp³-hybridized carbons (Fsp3) is 0.611. The number of fused-ring (bicyclic) bond motifs is 1. The summed E-state index contributed by atoms with van der Waals surface area (Å²) in [5.41, 5.74) is 0.635. The molecule has 0 fully saturated rings. The number of rotatable bonds is 8. The molecule has 2 rings (SSSR count). The summed E-state index contributed by atoms with van der Waals surface area (Å²) in [7, 11) is 1.67. The fourth-order valence-electron chi connectivity index (χ4n) is 2.74. The molecule has 0 aliphatic rings. The maximum Gasteiger partial charge on any atom is 0.262 e. The maximum atomic E-state index is 12.4. The van der Waals surface area contributed by atoms with Gasteiger partial charge >= 0.3 is 0 Å². The molecule has 5 nitrogen and oxygen atoms in total. The van der Waals surface area contributed by atoms with Crippen molar-refractivity contribution in [3.63, 3.8) is 0 Å². The summed E-state index contributed by atoms with van der Waals surface area (Å²) < 4.78 is 1.45. The van der Waals surface area contributed by atoms with Crippen LogP contribution in [-0.4, -0.2) is 22.0 Å². The molecule has 0 aromatic carbocycles. The van der Waals surface area contributed by atoms with Crippen molar-refractivity contribution in [2.75, 3.05) is 6.54 Å². The minimum Gasteiger partial charge on any atom is -0.351 e. The Kier molecular flexibility index (Phi) is 6.54. The second-order valence-corrected chi connectivity index (χ2v) is 7.75. The van der Waals surface area contributed by atoms with E-state index in [4.69, 9.17) is 0 Å². The zero-order chi connectivity index (χ0) is 17.7. The van der Waals surface area contributed by atoms with Crippen LogP contribution in [0.4, 0.5) is 0 Å². The van der Waals surface area contributed by atoms with Crippen LogP contribution in [0.3, 0.4) is 0 Å². The number of carbonyl (C=O) groups is 1. The van der Waals surface area contributed by atoms with Crippen molar-refractivity contribution in [1.29, 1.82) is 0 Å². The van der Waals surface area contributed by atoms with Crippen molar-refractivity contribution >= 4 is 27.5 Å². The summed E-state index contributed by atoms with van der Waals surface area (Å²) in [5.74, 6) is 0.668. The van der Waals surface area contributed by atoms with Crippen LogP contribution in [0.2, 0.25) is 0 Å². The molecule has 0 aliphatic heterocycles. The van der Waals surface area contributed by atoms with Gasteiger partial charge in [-0.3, -0.25) is 9.59 Å². The maximum absolute atomic E-state index is 12.4. The zero-order valence-electron chi connectivity index (χ0n) is 15.0. The Bertz CT molecular complexity index is 761. The smallest absolute Gasteiger partial charge is 0.262 e. The van der Waals surface area contributed by atoms with Gasteiger partial charge in [-0.15, -0.1) is 11.3 Å². The molecule has 2 aromatic rings. The summed E-state index contributed by atoms with van der Waals surface area (Å²) in [6.07, 6.45) is 7.38. The number of unbranched alkanes of at least 4 members (excludes halogenated alkanes) is 3. The van der Waals surface area contributed by atoms with E-state index < -0.39 is 0 Å². The molecule has 0 radical (unpaired) electrons. The average Bonchev–Trinajstić information content (AvgIpc) is 2.87. The molecule has 0 atom stereocenters. The van der Waals surface area contributed by atoms with Gasteiger partial charge in [0.2, 0.25) is 0 Å². The molecule has 1 amide bonds. The van der Waals surface area contributed by atoms with E-state index in [2.05, 4.69) is 24.1 Å². The molecule has 0 saturated heterocycles. The van der Waals surface area contributed by atoms with Crippen molar-refractivity contribution < 1.29 is 4.79 Å². The van der Waals surface area contributed by atoms with E-state index in [0.717, 1.165) is 24.3 Å². The molecular weight excluding hydrogens is 322 g/mol. The number of thiophene rings is 1. The third kappa shape index (κ3) is 4.44. The van der Waals surface area contributed by atoms with Gasteiger partial charge in [-0.05, 0) is 24.8 Å². The van der Waals surface area contributed by atoms with Gasteiger partial charge in [0.05, 0.1) is 16.6 Å². The lowest BCUT2D eigenvalue weighted by Gasteiger charge is -2.06. The highest BCUT2D eigenvalue weighted by Gasteiger charge is 2.18. The summed E-state index contributed by atoms with van der Waals surface area (Å²) >= 11 is 1.29. The van der Waals surface area contributed by atoms with Gasteiger partial charge in [-0.25, -0.2) is 4.98 Å². The zero-order valence-corrected chi connectivity index (χ0v) is 15.8. The van der Waals surface area contributed by atoms with Crippen molar-refractivity contribution in [2.45, 2.75) is 52.9 Å². The molecule has 0 unspecified atom stereocenters. The van der Waals surface area contributed by atoms with E-state index in [1.54, 1.807) is 7.05 Å². The van der Waals surface area contributed by atoms with E-state index in [9.17, 15) is 9.59 Å². The predicted octanol–water partition coefficient (Wildman–Crippen LogP) is 3.64. The Morgan fingerprint density at radius 3 is 2.71 bits per heavy atom. The lowest BCUT2D eigenvalue weighted by Crippen LogP contribution is -2.24. The second kappa shape index (κ2) is 8.42. The molecule has 1 N–H and O–H groups in total. The first-order valence-corrected chi connectivity index (χ1v) is 9.46. The van der Waals surface area contributed by atoms with Crippen LogP contribution in [0.15, 0.2) is 11.1 Å². The Morgan fingerprint density at radius 1 is 1.29 bits per heavy atom. The SMILES string of the molecule is Cc1c(C(=O)NCCCCCCC(C)C)sc2ncn(C)c(=O)c12. The quantitative estimate of drug-likeness (QED) is 0.740. The second-order valence-electron chi connectivity index (χ2n) is 6.75. The highest BCUT2D eigenvalue weighted by atomic mass is 32.1. The minimum absolute atomic E-state index is 0.0975. The van der Waals surface area contributed by atoms with Crippen LogP contribution in [0, 0.1) is 12.8 Å². The van der Waals surface area contributed by atoms with Crippen molar-refractivity contribution in [1.82, 2.24) is 14.9 Å². The van der Waals surface area contributed by atoms with Crippen molar-refractivity contribution in [2.24, 2.45) is 13.0 Å². The monoisotopic (exact) mass is 349 g/mol. The topological polar surface area (TPSA) is 64.0 Å². The van der Waals surface area contributed by atoms with Gasteiger partial charge in [-0.2, -0.15) is 0 Å². The van der Waals surface area contributed by atoms with Gasteiger partial charge in [0.25, 0.3) is 11.5 Å². The molecule has 0 aliphatic carbocycles. The molecule has 132 valence electrons. The van der Waals surface area contributed by atoms with E-state index in [1.165, 1.54) is 41.5 Å². The van der Waals surface area contributed by atoms with E-state index >= 15 is 0 Å². The van der Waals surface area contributed by atoms with E-state index in [0.29, 0.717) is 21.6 Å². The van der Waals surface area contributed by atoms with Gasteiger partial charge in [0, 0.05) is 13.6 Å². The third-order valence-corrected chi connectivity index (χ3v) is 5.41. The number of nitrogens with zero attached hydrogens (tertiary/aromatic N) is 2. The lowest BCUT2D eigenvalue weighted by molar-refractivity contribution is 0.0956. The van der Waals surface area contributed by atoms with Crippen molar-refractivity contribution in [3.8, 4) is 0 Å². The molecule has 0 bridgehead atoms. The highest BCUT2D eigenvalue weighted by molar-refractivity contribution is 7.20. The first-order chi connectivity index (χ1) is 11.4. The van der Waals surface area contributed by atoms with Gasteiger partial charge < -0.3 is 9.88 Å². The Morgan fingerprint density at radius 2 is 2.00 bits per heavy atom. The molecule has 24 heavy (non-hydrogen) atoms. The lowest BCUT2D eigenvalue weighted by atomic mass is 10.0. The largest absolute Gasteiger partial charge is 0.351 e. The van der Waals surface area contributed by atoms with E-state index in [1.807, 2.05) is 6.92 Å². The summed E-state index contributed by atoms with van der Waals surface area (Å²) in [6.45, 7) is 6.99. The fourth-order valence-corrected chi connectivity index (χ4v) is 3.79. The Hall–Kier alpha value is -1.69.